The predicted octanol–water partition coefficient (Wildman–Crippen LogP) is 4.83. The van der Waals surface area contributed by atoms with Crippen LogP contribution in [0, 0.1) is 12.8 Å². The lowest BCUT2D eigenvalue weighted by Gasteiger charge is -2.43. The van der Waals surface area contributed by atoms with Gasteiger partial charge in [0.2, 0.25) is 10.0 Å². The molecule has 0 bridgehead atoms. The van der Waals surface area contributed by atoms with Crippen LogP contribution in [-0.2, 0) is 10.0 Å². The normalized spacial score (nSPS) is 23.2. The summed E-state index contributed by atoms with van der Waals surface area (Å²) in [6.45, 7) is 9.00. The number of halogens is 3. The number of hydrogen-bond donors (Lipinski definition) is 1. The van der Waals surface area contributed by atoms with Gasteiger partial charge in [0.1, 0.15) is 11.3 Å². The molecule has 2 aromatic heterocycles. The van der Waals surface area contributed by atoms with Gasteiger partial charge in [0.05, 0.1) is 23.7 Å². The zero-order valence-electron chi connectivity index (χ0n) is 22.4. The lowest BCUT2D eigenvalue weighted by molar-refractivity contribution is 0.113. The molecule has 1 aromatic carbocycles. The summed E-state index contributed by atoms with van der Waals surface area (Å²) in [7, 11) is -3.44. The van der Waals surface area contributed by atoms with Gasteiger partial charge >= 0.3 is 0 Å². The van der Waals surface area contributed by atoms with Gasteiger partial charge in [-0.1, -0.05) is 36.2 Å². The maximum Gasteiger partial charge on any atom is 0.209 e. The lowest BCUT2D eigenvalue weighted by Crippen LogP contribution is -2.52. The summed E-state index contributed by atoms with van der Waals surface area (Å²) in [4.78, 5) is 14.6. The van der Waals surface area contributed by atoms with E-state index >= 15 is 0 Å². The first-order valence-electron chi connectivity index (χ1n) is 13.2. The fraction of sp³-hybridized carbons (Fsp3) is 0.577. The number of benzene rings is 1. The first-order chi connectivity index (χ1) is 18.0. The number of likely N-dealkylation sites (tertiary alicyclic amines) is 1. The molecule has 1 unspecified atom stereocenters. The molecule has 4 heterocycles. The van der Waals surface area contributed by atoms with Crippen molar-refractivity contribution in [3.05, 3.63) is 45.7 Å². The molecule has 3 aromatic rings. The first-order valence-corrected chi connectivity index (χ1v) is 15.7. The molecule has 4 atom stereocenters. The van der Waals surface area contributed by atoms with Crippen molar-refractivity contribution < 1.29 is 8.42 Å². The number of nitrogens with zero attached hydrogens (tertiary/aromatic N) is 6. The molecular formula is C26H36Cl3N7O2S. The zero-order chi connectivity index (χ0) is 27.2. The third kappa shape index (κ3) is 6.47. The number of aromatic nitrogens is 4. The number of rotatable bonds is 7. The molecular weight excluding hydrogens is 581 g/mol. The molecule has 9 nitrogen and oxygen atoms in total. The fourth-order valence-corrected chi connectivity index (χ4v) is 7.34. The summed E-state index contributed by atoms with van der Waals surface area (Å²) in [6, 6.07) is 6.06. The number of fused-ring (bicyclic) bond motifs is 1. The monoisotopic (exact) mass is 615 g/mol. The Kier molecular flexibility index (Phi) is 9.35. The Balaban J connectivity index is 0.00000353. The van der Waals surface area contributed by atoms with Crippen LogP contribution in [0.5, 0.6) is 0 Å². The van der Waals surface area contributed by atoms with Gasteiger partial charge in [-0.25, -0.2) is 28.2 Å². The van der Waals surface area contributed by atoms with Crippen molar-refractivity contribution in [3.63, 3.8) is 0 Å². The number of hydrogen-bond acceptors (Lipinski definition) is 7. The van der Waals surface area contributed by atoms with Gasteiger partial charge in [0.25, 0.3) is 0 Å². The van der Waals surface area contributed by atoms with Crippen LogP contribution in [0.15, 0.2) is 24.4 Å². The number of piperidine rings is 1. The van der Waals surface area contributed by atoms with E-state index in [4.69, 9.17) is 43.4 Å². The largest absolute Gasteiger partial charge is 0.355 e. The Morgan fingerprint density at radius 3 is 2.67 bits per heavy atom. The van der Waals surface area contributed by atoms with Crippen LogP contribution in [0.25, 0.3) is 11.2 Å². The minimum atomic E-state index is -3.44. The van der Waals surface area contributed by atoms with Crippen LogP contribution in [0.3, 0.4) is 0 Å². The standard InChI is InChI=1S/C26H35Cl2N7O2S.ClH/c1-16-15-33(11-8-23(16)34-10-4-5-20(34)9-12-38(29,36)37)24-14-30-25-17(2)32-35(26(25)31-24)18(3)21-7-6-19(27)13-22(21)28;/h6-7,13-14,16,18,20,23H,4-5,8-12,15H2,1-3H3,(H2,29,36,37);1H/t16-,18?,20-,23+;/m0./s1. The number of anilines is 1. The Morgan fingerprint density at radius 1 is 1.21 bits per heavy atom. The molecule has 2 fully saturated rings. The van der Waals surface area contributed by atoms with Gasteiger partial charge < -0.3 is 4.90 Å². The van der Waals surface area contributed by atoms with Crippen molar-refractivity contribution in [2.24, 2.45) is 11.1 Å². The van der Waals surface area contributed by atoms with Crippen LogP contribution in [0.4, 0.5) is 5.82 Å². The van der Waals surface area contributed by atoms with E-state index in [2.05, 4.69) is 16.7 Å². The second kappa shape index (κ2) is 12.0. The third-order valence-corrected chi connectivity index (χ3v) is 9.47. The van der Waals surface area contributed by atoms with Crippen LogP contribution >= 0.6 is 35.6 Å². The molecule has 2 saturated heterocycles. The summed E-state index contributed by atoms with van der Waals surface area (Å²) in [5, 5.41) is 11.2. The highest BCUT2D eigenvalue weighted by Gasteiger charge is 2.37. The van der Waals surface area contributed by atoms with Crippen LogP contribution in [-0.4, -0.2) is 70.5 Å². The average molecular weight is 617 g/mol. The topological polar surface area (TPSA) is 110 Å². The van der Waals surface area contributed by atoms with Crippen molar-refractivity contribution in [2.75, 3.05) is 30.3 Å². The summed E-state index contributed by atoms with van der Waals surface area (Å²) < 4.78 is 25.0. The van der Waals surface area contributed by atoms with Gasteiger partial charge in [-0.05, 0) is 69.7 Å². The molecule has 2 aliphatic heterocycles. The lowest BCUT2D eigenvalue weighted by atomic mass is 9.91. The highest BCUT2D eigenvalue weighted by molar-refractivity contribution is 7.89. The molecule has 2 N–H and O–H groups in total. The Labute approximate surface area is 246 Å². The van der Waals surface area contributed by atoms with Crippen molar-refractivity contribution >= 4 is 62.6 Å². The molecule has 13 heteroatoms. The van der Waals surface area contributed by atoms with E-state index in [-0.39, 0.29) is 30.2 Å². The van der Waals surface area contributed by atoms with E-state index in [1.54, 1.807) is 6.07 Å². The van der Waals surface area contributed by atoms with Crippen LogP contribution < -0.4 is 10.0 Å². The maximum atomic E-state index is 11.5. The van der Waals surface area contributed by atoms with E-state index < -0.39 is 10.0 Å². The van der Waals surface area contributed by atoms with Crippen molar-refractivity contribution in [1.29, 1.82) is 0 Å². The third-order valence-electron chi connectivity index (χ3n) is 8.11. The summed E-state index contributed by atoms with van der Waals surface area (Å²) in [5.41, 5.74) is 3.26. The Bertz CT molecular complexity index is 1430. The van der Waals surface area contributed by atoms with E-state index in [1.165, 1.54) is 0 Å². The zero-order valence-corrected chi connectivity index (χ0v) is 25.6. The van der Waals surface area contributed by atoms with Gasteiger partial charge in [-0.15, -0.1) is 12.4 Å². The summed E-state index contributed by atoms with van der Waals surface area (Å²) in [6.07, 6.45) is 5.57. The van der Waals surface area contributed by atoms with Crippen molar-refractivity contribution in [2.45, 2.75) is 64.6 Å². The molecule has 0 amide bonds. The van der Waals surface area contributed by atoms with Crippen LogP contribution in [0.1, 0.15) is 56.8 Å². The van der Waals surface area contributed by atoms with Crippen molar-refractivity contribution in [3.8, 4) is 0 Å². The molecule has 0 aliphatic carbocycles. The summed E-state index contributed by atoms with van der Waals surface area (Å²) >= 11 is 12.6. The second-order valence-electron chi connectivity index (χ2n) is 10.7. The molecule has 0 radical (unpaired) electrons. The molecule has 39 heavy (non-hydrogen) atoms. The van der Waals surface area contributed by atoms with E-state index in [9.17, 15) is 8.42 Å². The van der Waals surface area contributed by atoms with Gasteiger partial charge in [-0.3, -0.25) is 4.90 Å². The number of nitrogens with two attached hydrogens (primary N) is 1. The fourth-order valence-electron chi connectivity index (χ4n) is 6.18. The van der Waals surface area contributed by atoms with Crippen molar-refractivity contribution in [1.82, 2.24) is 24.6 Å². The number of primary sulfonamides is 1. The van der Waals surface area contributed by atoms with E-state index in [0.717, 1.165) is 67.1 Å². The molecule has 214 valence electrons. The SMILES string of the molecule is Cc1nn(C(C)c2ccc(Cl)cc2Cl)c2nc(N3CC[C@@H](N4CCC[C@H]4CCS(N)(=O)=O)[C@@H](C)C3)cnc12.Cl. The average Bonchev–Trinajstić information content (AvgIpc) is 3.46. The maximum absolute atomic E-state index is 11.5. The summed E-state index contributed by atoms with van der Waals surface area (Å²) in [5.74, 6) is 1.28. The van der Waals surface area contributed by atoms with Gasteiger partial charge in [-0.2, -0.15) is 5.10 Å². The number of aryl methyl sites for hydroxylation is 1. The predicted molar refractivity (Wildman–Crippen MR) is 160 cm³/mol. The van der Waals surface area contributed by atoms with Gasteiger partial charge in [0, 0.05) is 35.2 Å². The minimum absolute atomic E-state index is 0. The minimum Gasteiger partial charge on any atom is -0.355 e. The Morgan fingerprint density at radius 2 is 1.97 bits per heavy atom. The quantitative estimate of drug-likeness (QED) is 0.405. The molecule has 5 rings (SSSR count). The van der Waals surface area contributed by atoms with E-state index in [0.29, 0.717) is 28.4 Å². The highest BCUT2D eigenvalue weighted by Crippen LogP contribution is 2.34. The second-order valence-corrected chi connectivity index (χ2v) is 13.3. The van der Waals surface area contributed by atoms with Crippen LogP contribution in [0.2, 0.25) is 10.0 Å². The molecule has 0 saturated carbocycles. The molecule has 0 spiro atoms. The molecule has 2 aliphatic rings. The van der Waals surface area contributed by atoms with Gasteiger partial charge in [0.15, 0.2) is 5.65 Å². The Hall–Kier alpha value is -1.69. The number of sulfonamides is 1. The smallest absolute Gasteiger partial charge is 0.209 e. The van der Waals surface area contributed by atoms with E-state index in [1.807, 2.05) is 36.9 Å². The highest BCUT2D eigenvalue weighted by atomic mass is 35.5. The first kappa shape index (κ1) is 30.3.